The minimum absolute atomic E-state index is 0.0411. The van der Waals surface area contributed by atoms with Crippen LogP contribution in [0, 0.1) is 0 Å². The highest BCUT2D eigenvalue weighted by molar-refractivity contribution is 6.30. The fourth-order valence-corrected chi connectivity index (χ4v) is 3.18. The van der Waals surface area contributed by atoms with E-state index in [-0.39, 0.29) is 18.0 Å². The van der Waals surface area contributed by atoms with Crippen LogP contribution < -0.4 is 10.6 Å². The van der Waals surface area contributed by atoms with Crippen molar-refractivity contribution in [2.75, 3.05) is 5.32 Å². The van der Waals surface area contributed by atoms with Gasteiger partial charge in [0.15, 0.2) is 0 Å². The molecule has 3 nitrogen and oxygen atoms in total. The third-order valence-corrected chi connectivity index (χ3v) is 4.49. The zero-order valence-electron chi connectivity index (χ0n) is 13.0. The quantitative estimate of drug-likeness (QED) is 0.864. The maximum absolute atomic E-state index is 12.0. The summed E-state index contributed by atoms with van der Waals surface area (Å²) >= 11 is 5.97. The summed E-state index contributed by atoms with van der Waals surface area (Å²) in [6, 6.07) is 18.1. The lowest BCUT2D eigenvalue weighted by Crippen LogP contribution is -2.40. The summed E-state index contributed by atoms with van der Waals surface area (Å²) in [6.45, 7) is 0. The van der Waals surface area contributed by atoms with Gasteiger partial charge in [-0.25, -0.2) is 0 Å². The lowest BCUT2D eigenvalue weighted by molar-refractivity contribution is -0.121. The molecule has 0 aromatic heterocycles. The van der Waals surface area contributed by atoms with Gasteiger partial charge in [0, 0.05) is 17.1 Å². The van der Waals surface area contributed by atoms with Crippen LogP contribution in [0.5, 0.6) is 0 Å². The summed E-state index contributed by atoms with van der Waals surface area (Å²) < 4.78 is 0. The van der Waals surface area contributed by atoms with Crippen molar-refractivity contribution in [1.82, 2.24) is 5.32 Å². The summed E-state index contributed by atoms with van der Waals surface area (Å²) in [5, 5.41) is 7.47. The summed E-state index contributed by atoms with van der Waals surface area (Å²) in [5.74, 6) is 0.145. The summed E-state index contributed by atoms with van der Waals surface area (Å²) in [4.78, 5) is 12.0. The fourth-order valence-electron chi connectivity index (χ4n) is 3.05. The van der Waals surface area contributed by atoms with Crippen molar-refractivity contribution in [3.63, 3.8) is 0 Å². The minimum atomic E-state index is 0.0411. The van der Waals surface area contributed by atoms with Crippen molar-refractivity contribution < 1.29 is 4.79 Å². The van der Waals surface area contributed by atoms with E-state index in [0.717, 1.165) is 30.0 Å². The monoisotopic (exact) mass is 328 g/mol. The molecule has 2 N–H and O–H groups in total. The molecule has 4 heteroatoms. The highest BCUT2D eigenvalue weighted by Gasteiger charge is 2.26. The average molecular weight is 329 g/mol. The SMILES string of the molecule is O=C1CCCC[C@@H]([C@H](Nc2ccc(Cl)cc2)c2ccccc2)N1. The first-order valence-electron chi connectivity index (χ1n) is 8.09. The first-order valence-corrected chi connectivity index (χ1v) is 8.46. The number of rotatable bonds is 4. The van der Waals surface area contributed by atoms with Gasteiger partial charge in [-0.15, -0.1) is 0 Å². The first-order chi connectivity index (χ1) is 11.2. The van der Waals surface area contributed by atoms with Gasteiger partial charge in [0.1, 0.15) is 0 Å². The van der Waals surface area contributed by atoms with E-state index in [4.69, 9.17) is 11.6 Å². The Morgan fingerprint density at radius 1 is 1.04 bits per heavy atom. The molecule has 2 aromatic carbocycles. The molecule has 0 spiro atoms. The molecule has 1 aliphatic rings. The molecule has 23 heavy (non-hydrogen) atoms. The maximum Gasteiger partial charge on any atom is 0.220 e. The van der Waals surface area contributed by atoms with Crippen LogP contribution in [0.1, 0.15) is 37.3 Å². The number of anilines is 1. The number of amides is 1. The molecule has 2 atom stereocenters. The van der Waals surface area contributed by atoms with Crippen LogP contribution in [0.4, 0.5) is 5.69 Å². The molecule has 0 saturated carbocycles. The van der Waals surface area contributed by atoms with E-state index in [9.17, 15) is 4.79 Å². The molecule has 0 aliphatic carbocycles. The highest BCUT2D eigenvalue weighted by Crippen LogP contribution is 2.27. The summed E-state index contributed by atoms with van der Waals surface area (Å²) in [5.41, 5.74) is 2.18. The molecular formula is C19H21ClN2O. The molecule has 0 bridgehead atoms. The van der Waals surface area contributed by atoms with Crippen LogP contribution in [0.3, 0.4) is 0 Å². The molecule has 1 fully saturated rings. The molecule has 0 unspecified atom stereocenters. The van der Waals surface area contributed by atoms with Gasteiger partial charge < -0.3 is 10.6 Å². The third kappa shape index (κ3) is 4.26. The predicted octanol–water partition coefficient (Wildman–Crippen LogP) is 4.55. The average Bonchev–Trinajstić information content (AvgIpc) is 2.79. The van der Waals surface area contributed by atoms with Crippen molar-refractivity contribution in [3.8, 4) is 0 Å². The van der Waals surface area contributed by atoms with Gasteiger partial charge in [-0.05, 0) is 42.7 Å². The molecular weight excluding hydrogens is 308 g/mol. The molecule has 2 aromatic rings. The van der Waals surface area contributed by atoms with Crippen molar-refractivity contribution in [3.05, 3.63) is 65.2 Å². The van der Waals surface area contributed by atoms with Gasteiger partial charge in [-0.3, -0.25) is 4.79 Å². The van der Waals surface area contributed by atoms with Gasteiger partial charge in [0.25, 0.3) is 0 Å². The molecule has 120 valence electrons. The Hall–Kier alpha value is -2.00. The first kappa shape index (κ1) is 15.9. The van der Waals surface area contributed by atoms with Gasteiger partial charge in [-0.2, -0.15) is 0 Å². The van der Waals surface area contributed by atoms with Crippen molar-refractivity contribution in [1.29, 1.82) is 0 Å². The lowest BCUT2D eigenvalue weighted by atomic mass is 9.95. The Bertz CT molecular complexity index is 642. The Labute approximate surface area is 142 Å². The molecule has 0 radical (unpaired) electrons. The molecule has 1 heterocycles. The van der Waals surface area contributed by atoms with Crippen LogP contribution >= 0.6 is 11.6 Å². The topological polar surface area (TPSA) is 41.1 Å². The minimum Gasteiger partial charge on any atom is -0.376 e. The number of carbonyl (C=O) groups excluding carboxylic acids is 1. The summed E-state index contributed by atoms with van der Waals surface area (Å²) in [6.07, 6.45) is 3.63. The Balaban J connectivity index is 1.86. The molecule has 1 aliphatic heterocycles. The van der Waals surface area contributed by atoms with Crippen molar-refractivity contribution in [2.24, 2.45) is 0 Å². The zero-order valence-corrected chi connectivity index (χ0v) is 13.7. The Kier molecular flexibility index (Phi) is 5.19. The zero-order chi connectivity index (χ0) is 16.1. The summed E-state index contributed by atoms with van der Waals surface area (Å²) in [7, 11) is 0. The number of nitrogens with one attached hydrogen (secondary N) is 2. The van der Waals surface area contributed by atoms with E-state index in [1.165, 1.54) is 5.56 Å². The smallest absolute Gasteiger partial charge is 0.220 e. The van der Waals surface area contributed by atoms with Crippen LogP contribution in [0.15, 0.2) is 54.6 Å². The standard InChI is InChI=1S/C19H21ClN2O/c20-15-10-12-16(13-11-15)21-19(14-6-2-1-3-7-14)17-8-4-5-9-18(23)22-17/h1-3,6-7,10-13,17,19,21H,4-5,8-9H2,(H,22,23)/t17-,19+/m0/s1. The Morgan fingerprint density at radius 2 is 1.78 bits per heavy atom. The van der Waals surface area contributed by atoms with Crippen LogP contribution in [-0.2, 0) is 4.79 Å². The van der Waals surface area contributed by atoms with Crippen LogP contribution in [-0.4, -0.2) is 11.9 Å². The van der Waals surface area contributed by atoms with E-state index in [1.54, 1.807) is 0 Å². The number of carbonyl (C=O) groups is 1. The van der Waals surface area contributed by atoms with Gasteiger partial charge in [0.05, 0.1) is 12.1 Å². The number of benzene rings is 2. The van der Waals surface area contributed by atoms with E-state index in [1.807, 2.05) is 42.5 Å². The number of hydrogen-bond donors (Lipinski definition) is 2. The normalized spacial score (nSPS) is 19.5. The second-order valence-electron chi connectivity index (χ2n) is 5.96. The largest absolute Gasteiger partial charge is 0.376 e. The predicted molar refractivity (Wildman–Crippen MR) is 94.7 cm³/mol. The number of halogens is 1. The lowest BCUT2D eigenvalue weighted by Gasteiger charge is -2.29. The van der Waals surface area contributed by atoms with Gasteiger partial charge >= 0.3 is 0 Å². The maximum atomic E-state index is 12.0. The third-order valence-electron chi connectivity index (χ3n) is 4.24. The molecule has 1 saturated heterocycles. The molecule has 1 amide bonds. The van der Waals surface area contributed by atoms with E-state index in [2.05, 4.69) is 22.8 Å². The van der Waals surface area contributed by atoms with Crippen molar-refractivity contribution in [2.45, 2.75) is 37.8 Å². The second kappa shape index (κ2) is 7.51. The highest BCUT2D eigenvalue weighted by atomic mass is 35.5. The van der Waals surface area contributed by atoms with Crippen LogP contribution in [0.25, 0.3) is 0 Å². The van der Waals surface area contributed by atoms with Gasteiger partial charge in [0.2, 0.25) is 5.91 Å². The van der Waals surface area contributed by atoms with E-state index < -0.39 is 0 Å². The van der Waals surface area contributed by atoms with E-state index >= 15 is 0 Å². The van der Waals surface area contributed by atoms with Crippen molar-refractivity contribution >= 4 is 23.2 Å². The van der Waals surface area contributed by atoms with E-state index in [0.29, 0.717) is 6.42 Å². The molecule has 3 rings (SSSR count). The fraction of sp³-hybridized carbons (Fsp3) is 0.316. The second-order valence-corrected chi connectivity index (χ2v) is 6.40. The Morgan fingerprint density at radius 3 is 2.52 bits per heavy atom. The van der Waals surface area contributed by atoms with Crippen LogP contribution in [0.2, 0.25) is 5.02 Å². The van der Waals surface area contributed by atoms with Gasteiger partial charge in [-0.1, -0.05) is 48.4 Å². The number of hydrogen-bond acceptors (Lipinski definition) is 2.